The lowest BCUT2D eigenvalue weighted by molar-refractivity contribution is 0.194. The Labute approximate surface area is 202 Å². The average Bonchev–Trinajstić information content (AvgIpc) is 3.42. The molecule has 1 N–H and O–H groups in total. The van der Waals surface area contributed by atoms with Crippen LogP contribution in [0.4, 0.5) is 14.9 Å². The van der Waals surface area contributed by atoms with Crippen LogP contribution in [0.1, 0.15) is 51.7 Å². The molecule has 0 fully saturated rings. The molecule has 34 heavy (non-hydrogen) atoms. The second-order valence-electron chi connectivity index (χ2n) is 9.18. The van der Waals surface area contributed by atoms with Crippen molar-refractivity contribution in [3.63, 3.8) is 0 Å². The monoisotopic (exact) mass is 471 g/mol. The van der Waals surface area contributed by atoms with Crippen molar-refractivity contribution in [2.75, 3.05) is 5.32 Å². The van der Waals surface area contributed by atoms with Crippen molar-refractivity contribution in [3.05, 3.63) is 106 Å². The molecule has 6 heteroatoms. The molecule has 2 aliphatic rings. The molecule has 0 saturated carbocycles. The number of benzene rings is 2. The van der Waals surface area contributed by atoms with Crippen LogP contribution >= 0.6 is 11.3 Å². The Bertz CT molecular complexity index is 1370. The maximum Gasteiger partial charge on any atom is 0.322 e. The van der Waals surface area contributed by atoms with Crippen LogP contribution in [0.5, 0.6) is 0 Å². The van der Waals surface area contributed by atoms with Gasteiger partial charge in [0, 0.05) is 22.3 Å². The summed E-state index contributed by atoms with van der Waals surface area (Å²) in [5.74, 6) is -0.300. The molecule has 0 bridgehead atoms. The topological polar surface area (TPSA) is 37.3 Å². The molecule has 0 saturated heterocycles. The van der Waals surface area contributed by atoms with Gasteiger partial charge in [-0.3, -0.25) is 0 Å². The predicted octanol–water partition coefficient (Wildman–Crippen LogP) is 7.00. The summed E-state index contributed by atoms with van der Waals surface area (Å²) >= 11 is 1.85. The molecule has 1 aliphatic carbocycles. The third-order valence-electron chi connectivity index (χ3n) is 6.91. The molecule has 0 spiro atoms. The number of urea groups is 1. The minimum Gasteiger partial charge on any atom is -0.310 e. The van der Waals surface area contributed by atoms with Crippen LogP contribution in [0.2, 0.25) is 0 Å². The second kappa shape index (κ2) is 8.44. The molecule has 3 heterocycles. The van der Waals surface area contributed by atoms with E-state index in [0.29, 0.717) is 6.54 Å². The summed E-state index contributed by atoms with van der Waals surface area (Å²) in [6, 6.07) is 17.9. The van der Waals surface area contributed by atoms with Crippen LogP contribution in [-0.2, 0) is 19.4 Å². The summed E-state index contributed by atoms with van der Waals surface area (Å²) in [6.07, 6.45) is 6.62. The zero-order chi connectivity index (χ0) is 23.2. The number of anilines is 1. The van der Waals surface area contributed by atoms with Crippen LogP contribution in [-0.4, -0.2) is 15.5 Å². The Balaban J connectivity index is 1.50. The number of aryl methyl sites for hydroxylation is 2. The Morgan fingerprint density at radius 1 is 1.03 bits per heavy atom. The molecule has 0 radical (unpaired) electrons. The Morgan fingerprint density at radius 2 is 1.85 bits per heavy atom. The van der Waals surface area contributed by atoms with Crippen molar-refractivity contribution in [3.8, 4) is 5.00 Å². The fourth-order valence-electron chi connectivity index (χ4n) is 5.25. The number of carbonyl (C=O) groups excluding carboxylic acids is 1. The molecule has 2 amide bonds. The van der Waals surface area contributed by atoms with E-state index in [0.717, 1.165) is 35.3 Å². The van der Waals surface area contributed by atoms with Crippen LogP contribution < -0.4 is 5.32 Å². The smallest absolute Gasteiger partial charge is 0.310 e. The number of hydrogen-bond acceptors (Lipinski definition) is 2. The summed E-state index contributed by atoms with van der Waals surface area (Å²) in [4.78, 5) is 17.1. The van der Waals surface area contributed by atoms with Gasteiger partial charge >= 0.3 is 6.03 Å². The summed E-state index contributed by atoms with van der Waals surface area (Å²) in [5.41, 5.74) is 6.26. The highest BCUT2D eigenvalue weighted by molar-refractivity contribution is 7.15. The van der Waals surface area contributed by atoms with Gasteiger partial charge in [0.15, 0.2) is 0 Å². The van der Waals surface area contributed by atoms with Crippen LogP contribution in [0.3, 0.4) is 0 Å². The number of nitrogens with zero attached hydrogens (tertiary/aromatic N) is 2. The highest BCUT2D eigenvalue weighted by Crippen LogP contribution is 2.44. The van der Waals surface area contributed by atoms with Crippen molar-refractivity contribution >= 4 is 23.1 Å². The minimum atomic E-state index is -0.407. The average molecular weight is 472 g/mol. The van der Waals surface area contributed by atoms with Crippen molar-refractivity contribution in [2.24, 2.45) is 0 Å². The highest BCUT2D eigenvalue weighted by atomic mass is 32.1. The number of nitrogens with one attached hydrogen (secondary N) is 1. The molecule has 1 unspecified atom stereocenters. The van der Waals surface area contributed by atoms with Crippen molar-refractivity contribution in [2.45, 2.75) is 45.2 Å². The van der Waals surface area contributed by atoms with E-state index < -0.39 is 6.04 Å². The number of halogens is 1. The SMILES string of the molecule is Cc1ccc(NC(=O)N2Cc3c(sc4c3CCCC4)-n3cccc3C2c2cccc(F)c2)cc1. The van der Waals surface area contributed by atoms with Gasteiger partial charge in [0.1, 0.15) is 10.8 Å². The maximum atomic E-state index is 14.3. The zero-order valence-electron chi connectivity index (χ0n) is 19.1. The number of fused-ring (bicyclic) bond motifs is 5. The second-order valence-corrected chi connectivity index (χ2v) is 10.3. The van der Waals surface area contributed by atoms with Crippen LogP contribution in [0, 0.1) is 12.7 Å². The number of amides is 2. The maximum absolute atomic E-state index is 14.3. The van der Waals surface area contributed by atoms with E-state index in [9.17, 15) is 9.18 Å². The summed E-state index contributed by atoms with van der Waals surface area (Å²) < 4.78 is 16.6. The van der Waals surface area contributed by atoms with Gasteiger partial charge in [0.25, 0.3) is 0 Å². The Kier molecular flexibility index (Phi) is 5.26. The molecular weight excluding hydrogens is 445 g/mol. The lowest BCUT2D eigenvalue weighted by Crippen LogP contribution is -2.38. The molecule has 172 valence electrons. The lowest BCUT2D eigenvalue weighted by atomic mass is 9.95. The van der Waals surface area contributed by atoms with Gasteiger partial charge in [-0.1, -0.05) is 29.8 Å². The molecule has 1 aliphatic heterocycles. The van der Waals surface area contributed by atoms with Crippen molar-refractivity contribution in [1.82, 2.24) is 9.47 Å². The number of carbonyl (C=O) groups is 1. The Morgan fingerprint density at radius 3 is 2.68 bits per heavy atom. The normalized spacial score (nSPS) is 16.9. The van der Waals surface area contributed by atoms with Gasteiger partial charge in [-0.2, -0.15) is 0 Å². The first-order valence-corrected chi connectivity index (χ1v) is 12.6. The molecule has 1 atom stereocenters. The number of thiophene rings is 1. The molecule has 4 aromatic rings. The van der Waals surface area contributed by atoms with E-state index in [4.69, 9.17) is 0 Å². The van der Waals surface area contributed by atoms with Gasteiger partial charge in [0.2, 0.25) is 0 Å². The summed E-state index contributed by atoms with van der Waals surface area (Å²) in [5, 5.41) is 4.29. The van der Waals surface area contributed by atoms with Crippen molar-refractivity contribution in [1.29, 1.82) is 0 Å². The summed E-state index contributed by atoms with van der Waals surface area (Å²) in [6.45, 7) is 2.51. The lowest BCUT2D eigenvalue weighted by Gasteiger charge is -2.31. The number of aromatic nitrogens is 1. The van der Waals surface area contributed by atoms with E-state index in [1.165, 1.54) is 39.9 Å². The quantitative estimate of drug-likeness (QED) is 0.336. The fraction of sp³-hybridized carbons (Fsp3) is 0.250. The predicted molar refractivity (Wildman–Crippen MR) is 134 cm³/mol. The van der Waals surface area contributed by atoms with Crippen LogP contribution in [0.15, 0.2) is 66.9 Å². The minimum absolute atomic E-state index is 0.186. The number of hydrogen-bond donors (Lipinski definition) is 1. The van der Waals surface area contributed by atoms with E-state index in [2.05, 4.69) is 22.1 Å². The standard InChI is InChI=1S/C28H26FN3OS/c1-18-11-13-21(14-12-18)30-28(33)32-17-23-22-8-2-3-10-25(22)34-27(23)31-15-5-9-24(31)26(32)19-6-4-7-20(29)16-19/h4-7,9,11-16,26H,2-3,8,10,17H2,1H3,(H,30,33). The molecule has 2 aromatic carbocycles. The highest BCUT2D eigenvalue weighted by Gasteiger charge is 2.36. The first-order chi connectivity index (χ1) is 16.6. The molecule has 2 aromatic heterocycles. The Hall–Kier alpha value is -3.38. The van der Waals surface area contributed by atoms with Gasteiger partial charge in [-0.25, -0.2) is 9.18 Å². The van der Waals surface area contributed by atoms with E-state index in [1.54, 1.807) is 12.1 Å². The van der Waals surface area contributed by atoms with E-state index in [1.807, 2.05) is 59.6 Å². The fourth-order valence-corrected chi connectivity index (χ4v) is 6.65. The third-order valence-corrected chi connectivity index (χ3v) is 8.24. The van der Waals surface area contributed by atoms with E-state index in [-0.39, 0.29) is 11.8 Å². The molecular formula is C28H26FN3OS. The number of rotatable bonds is 2. The van der Waals surface area contributed by atoms with Gasteiger partial charge in [-0.15, -0.1) is 11.3 Å². The largest absolute Gasteiger partial charge is 0.322 e. The van der Waals surface area contributed by atoms with Crippen LogP contribution in [0.25, 0.3) is 5.00 Å². The first kappa shape index (κ1) is 21.2. The first-order valence-electron chi connectivity index (χ1n) is 11.8. The van der Waals surface area contributed by atoms with Gasteiger partial charge in [0.05, 0.1) is 18.3 Å². The third kappa shape index (κ3) is 3.62. The summed E-state index contributed by atoms with van der Waals surface area (Å²) in [7, 11) is 0. The van der Waals surface area contributed by atoms with Crippen molar-refractivity contribution < 1.29 is 9.18 Å². The van der Waals surface area contributed by atoms with Gasteiger partial charge < -0.3 is 14.8 Å². The zero-order valence-corrected chi connectivity index (χ0v) is 19.9. The molecule has 6 rings (SSSR count). The van der Waals surface area contributed by atoms with E-state index >= 15 is 0 Å². The molecule has 4 nitrogen and oxygen atoms in total. The van der Waals surface area contributed by atoms with Gasteiger partial charge in [-0.05, 0) is 80.1 Å².